The second kappa shape index (κ2) is 6.26. The lowest BCUT2D eigenvalue weighted by Gasteiger charge is -2.15. The quantitative estimate of drug-likeness (QED) is 0.432. The molecule has 0 radical (unpaired) electrons. The highest BCUT2D eigenvalue weighted by atomic mass is 79.9. The molecule has 0 heterocycles. The third kappa shape index (κ3) is 3.24. The van der Waals surface area contributed by atoms with E-state index in [2.05, 4.69) is 22.0 Å². The van der Waals surface area contributed by atoms with E-state index in [1.54, 1.807) is 6.07 Å². The van der Waals surface area contributed by atoms with Gasteiger partial charge in [0.25, 0.3) is 5.69 Å². The molecule has 4 nitrogen and oxygen atoms in total. The van der Waals surface area contributed by atoms with Crippen LogP contribution in [0.25, 0.3) is 0 Å². The van der Waals surface area contributed by atoms with Crippen LogP contribution in [0.2, 0.25) is 0 Å². The van der Waals surface area contributed by atoms with E-state index in [1.807, 2.05) is 26.8 Å². The topological polar surface area (TPSA) is 52.4 Å². The van der Waals surface area contributed by atoms with Crippen LogP contribution in [0.15, 0.2) is 30.3 Å². The molecule has 5 heteroatoms. The van der Waals surface area contributed by atoms with Crippen LogP contribution in [-0.2, 0) is 5.33 Å². The molecule has 0 unspecified atom stereocenters. The third-order valence-corrected chi connectivity index (χ3v) is 4.09. The molecule has 0 aliphatic heterocycles. The Morgan fingerprint density at radius 2 is 1.81 bits per heavy atom. The number of nitrogens with zero attached hydrogens (tertiary/aromatic N) is 1. The molecular weight excluding hydrogens is 334 g/mol. The van der Waals surface area contributed by atoms with E-state index in [-0.39, 0.29) is 5.69 Å². The Hall–Kier alpha value is -1.88. The summed E-state index contributed by atoms with van der Waals surface area (Å²) in [4.78, 5) is 10.4. The molecule has 0 saturated carbocycles. The van der Waals surface area contributed by atoms with Crippen LogP contribution in [0.1, 0.15) is 22.3 Å². The normalized spacial score (nSPS) is 10.5. The fourth-order valence-corrected chi connectivity index (χ4v) is 2.51. The Kier molecular flexibility index (Phi) is 4.63. The molecule has 0 aliphatic carbocycles. The monoisotopic (exact) mass is 349 g/mol. The predicted molar refractivity (Wildman–Crippen MR) is 86.5 cm³/mol. The summed E-state index contributed by atoms with van der Waals surface area (Å²) in [5, 5.41) is 11.3. The maximum absolute atomic E-state index is 10.8. The van der Waals surface area contributed by atoms with Crippen molar-refractivity contribution in [3.63, 3.8) is 0 Å². The molecule has 21 heavy (non-hydrogen) atoms. The Morgan fingerprint density at radius 1 is 1.14 bits per heavy atom. The minimum atomic E-state index is -0.404. The van der Waals surface area contributed by atoms with Gasteiger partial charge >= 0.3 is 0 Å². The predicted octanol–water partition coefficient (Wildman–Crippen LogP) is 5.21. The van der Waals surface area contributed by atoms with Gasteiger partial charge in [-0.3, -0.25) is 10.1 Å². The number of nitro groups is 1. The van der Waals surface area contributed by atoms with Crippen LogP contribution in [0.3, 0.4) is 0 Å². The highest BCUT2D eigenvalue weighted by molar-refractivity contribution is 9.08. The molecule has 0 saturated heterocycles. The third-order valence-electron chi connectivity index (χ3n) is 3.48. The summed E-state index contributed by atoms with van der Waals surface area (Å²) in [5.41, 5.74) is 4.09. The second-order valence-corrected chi connectivity index (χ2v) is 5.50. The van der Waals surface area contributed by atoms with Crippen molar-refractivity contribution < 1.29 is 9.66 Å². The molecule has 0 aliphatic rings. The number of nitro benzene ring substituents is 1. The van der Waals surface area contributed by atoms with Crippen molar-refractivity contribution in [2.24, 2.45) is 0 Å². The zero-order valence-electron chi connectivity index (χ0n) is 12.1. The van der Waals surface area contributed by atoms with Crippen LogP contribution < -0.4 is 4.74 Å². The molecule has 2 rings (SSSR count). The summed E-state index contributed by atoms with van der Waals surface area (Å²) in [5.74, 6) is 1.44. The zero-order chi connectivity index (χ0) is 15.6. The summed E-state index contributed by atoms with van der Waals surface area (Å²) < 4.78 is 6.02. The molecule has 0 atom stereocenters. The number of non-ortho nitro benzene ring substituents is 1. The molecule has 110 valence electrons. The van der Waals surface area contributed by atoms with Gasteiger partial charge in [0.1, 0.15) is 11.5 Å². The van der Waals surface area contributed by atoms with Crippen molar-refractivity contribution in [1.29, 1.82) is 0 Å². The summed E-state index contributed by atoms with van der Waals surface area (Å²) >= 11 is 3.35. The van der Waals surface area contributed by atoms with Gasteiger partial charge in [-0.1, -0.05) is 28.1 Å². The molecule has 0 bridgehead atoms. The van der Waals surface area contributed by atoms with Crippen LogP contribution in [0.5, 0.6) is 11.5 Å². The fraction of sp³-hybridized carbons (Fsp3) is 0.250. The van der Waals surface area contributed by atoms with Crippen LogP contribution in [0, 0.1) is 30.9 Å². The molecular formula is C16H16BrNO3. The van der Waals surface area contributed by atoms with Gasteiger partial charge in [0.2, 0.25) is 0 Å². The summed E-state index contributed by atoms with van der Waals surface area (Å²) in [7, 11) is 0. The lowest BCUT2D eigenvalue weighted by atomic mass is 10.1. The summed E-state index contributed by atoms with van der Waals surface area (Å²) in [6.07, 6.45) is 0. The highest BCUT2D eigenvalue weighted by Gasteiger charge is 2.14. The number of alkyl halides is 1. The van der Waals surface area contributed by atoms with Crippen molar-refractivity contribution in [1.82, 2.24) is 0 Å². The average Bonchev–Trinajstić information content (AvgIpc) is 2.47. The Morgan fingerprint density at radius 3 is 2.43 bits per heavy atom. The Labute approximate surface area is 132 Å². The van der Waals surface area contributed by atoms with E-state index < -0.39 is 4.92 Å². The molecule has 0 spiro atoms. The van der Waals surface area contributed by atoms with Gasteiger partial charge in [-0.2, -0.15) is 0 Å². The van der Waals surface area contributed by atoms with E-state index >= 15 is 0 Å². The van der Waals surface area contributed by atoms with Gasteiger partial charge < -0.3 is 4.74 Å². The van der Waals surface area contributed by atoms with Crippen molar-refractivity contribution in [3.8, 4) is 11.5 Å². The minimum absolute atomic E-state index is 0.0643. The van der Waals surface area contributed by atoms with Crippen molar-refractivity contribution in [2.75, 3.05) is 0 Å². The molecule has 2 aromatic rings. The lowest BCUT2D eigenvalue weighted by Crippen LogP contribution is -1.97. The zero-order valence-corrected chi connectivity index (χ0v) is 13.7. The van der Waals surface area contributed by atoms with Crippen molar-refractivity contribution in [3.05, 3.63) is 62.7 Å². The first-order chi connectivity index (χ1) is 9.93. The van der Waals surface area contributed by atoms with Crippen molar-refractivity contribution in [2.45, 2.75) is 26.1 Å². The largest absolute Gasteiger partial charge is 0.456 e. The first-order valence-corrected chi connectivity index (χ1v) is 7.64. The van der Waals surface area contributed by atoms with E-state index in [0.717, 1.165) is 28.0 Å². The van der Waals surface area contributed by atoms with E-state index in [0.29, 0.717) is 11.1 Å². The number of hydrogen-bond donors (Lipinski definition) is 0. The number of ether oxygens (including phenoxy) is 1. The van der Waals surface area contributed by atoms with Gasteiger partial charge in [-0.05, 0) is 43.5 Å². The van der Waals surface area contributed by atoms with Crippen LogP contribution in [0.4, 0.5) is 5.69 Å². The maximum Gasteiger partial charge on any atom is 0.270 e. The maximum atomic E-state index is 10.8. The van der Waals surface area contributed by atoms with Crippen LogP contribution >= 0.6 is 15.9 Å². The van der Waals surface area contributed by atoms with Gasteiger partial charge in [-0.15, -0.1) is 0 Å². The van der Waals surface area contributed by atoms with E-state index in [1.165, 1.54) is 12.1 Å². The minimum Gasteiger partial charge on any atom is -0.456 e. The van der Waals surface area contributed by atoms with Crippen molar-refractivity contribution >= 4 is 21.6 Å². The number of aryl methyl sites for hydroxylation is 2. The lowest BCUT2D eigenvalue weighted by molar-refractivity contribution is -0.384. The van der Waals surface area contributed by atoms with Crippen LogP contribution in [-0.4, -0.2) is 4.92 Å². The first kappa shape index (κ1) is 15.5. The SMILES string of the molecule is Cc1ccc(C)c(Oc2ccc([N+](=O)[O-])cc2CBr)c1C. The molecule has 0 aromatic heterocycles. The molecule has 0 N–H and O–H groups in total. The molecule has 0 fully saturated rings. The molecule has 2 aromatic carbocycles. The van der Waals surface area contributed by atoms with Gasteiger partial charge in [-0.25, -0.2) is 0 Å². The Balaban J connectivity index is 2.45. The number of hydrogen-bond acceptors (Lipinski definition) is 3. The summed E-state index contributed by atoms with van der Waals surface area (Å²) in [6, 6.07) is 8.71. The molecule has 0 amide bonds. The van der Waals surface area contributed by atoms with Gasteiger partial charge in [0.15, 0.2) is 0 Å². The highest BCUT2D eigenvalue weighted by Crippen LogP contribution is 2.34. The average molecular weight is 350 g/mol. The Bertz CT molecular complexity index is 698. The number of rotatable bonds is 4. The summed E-state index contributed by atoms with van der Waals surface area (Å²) in [6.45, 7) is 6.03. The first-order valence-electron chi connectivity index (χ1n) is 6.52. The fourth-order valence-electron chi connectivity index (χ4n) is 2.08. The second-order valence-electron chi connectivity index (χ2n) is 4.94. The van der Waals surface area contributed by atoms with E-state index in [4.69, 9.17) is 4.74 Å². The smallest absolute Gasteiger partial charge is 0.270 e. The van der Waals surface area contributed by atoms with Gasteiger partial charge in [0, 0.05) is 23.0 Å². The standard InChI is InChI=1S/C16H16BrNO3/c1-10-4-5-11(2)16(12(10)3)21-15-7-6-14(18(19)20)8-13(15)9-17/h4-8H,9H2,1-3H3. The number of benzene rings is 2. The van der Waals surface area contributed by atoms with Gasteiger partial charge in [0.05, 0.1) is 4.92 Å². The van der Waals surface area contributed by atoms with E-state index in [9.17, 15) is 10.1 Å². The number of halogens is 1.